The summed E-state index contributed by atoms with van der Waals surface area (Å²) >= 11 is 0. The first-order valence-corrected chi connectivity index (χ1v) is 3.06. The van der Waals surface area contributed by atoms with E-state index in [4.69, 9.17) is 0 Å². The predicted molar refractivity (Wildman–Crippen MR) is 41.8 cm³/mol. The standard InChI is InChI=1S/C2N7O6.H3N/c10-7(11)2(8(12)13,9(14)15)1-3-5-6-4-1;/h;1H3/q-1;/p+1. The largest absolute Gasteiger partial charge is 0.735 e. The number of nitrogens with zero attached hydrogens (tertiary/aromatic N) is 7. The molecule has 14 nitrogen and oxygen atoms in total. The highest BCUT2D eigenvalue weighted by molar-refractivity contribution is 4.82. The van der Waals surface area contributed by atoms with Crippen molar-refractivity contribution in [3.63, 3.8) is 0 Å². The van der Waals surface area contributed by atoms with Gasteiger partial charge in [0.2, 0.25) is 0 Å². The molecule has 14 heteroatoms. The van der Waals surface area contributed by atoms with Gasteiger partial charge >= 0.3 is 5.79 Å². The van der Waals surface area contributed by atoms with Gasteiger partial charge in [0.15, 0.2) is 14.8 Å². The van der Waals surface area contributed by atoms with Gasteiger partial charge in [0.25, 0.3) is 5.82 Å². The number of hydrogen-bond acceptors (Lipinski definition) is 9. The van der Waals surface area contributed by atoms with Crippen molar-refractivity contribution in [2.75, 3.05) is 0 Å². The SMILES string of the molecule is O=[N+]([O-])C(c1nnn[n-]1)([N+](=O)[O-])[N+](=O)[O-].[NH4+]. The molecule has 0 radical (unpaired) electrons. The van der Waals surface area contributed by atoms with E-state index in [1.165, 1.54) is 0 Å². The van der Waals surface area contributed by atoms with Crippen molar-refractivity contribution in [2.45, 2.75) is 5.79 Å². The van der Waals surface area contributed by atoms with Gasteiger partial charge in [0.1, 0.15) is 0 Å². The molecule has 4 N–H and O–H groups in total. The quantitative estimate of drug-likeness (QED) is 0.348. The maximum Gasteiger partial charge on any atom is 0.735 e. The number of quaternary nitrogens is 1. The Morgan fingerprint density at radius 2 is 1.50 bits per heavy atom. The van der Waals surface area contributed by atoms with Gasteiger partial charge in [-0.25, -0.2) is 0 Å². The second kappa shape index (κ2) is 4.17. The summed E-state index contributed by atoms with van der Waals surface area (Å²) in [5, 5.41) is 42.1. The van der Waals surface area contributed by atoms with Gasteiger partial charge in [-0.2, -0.15) is 5.21 Å². The van der Waals surface area contributed by atoms with Gasteiger partial charge in [-0.15, -0.1) is 0 Å². The second-order valence-corrected chi connectivity index (χ2v) is 2.11. The van der Waals surface area contributed by atoms with Crippen LogP contribution in [0.5, 0.6) is 0 Å². The van der Waals surface area contributed by atoms with Gasteiger partial charge in [-0.1, -0.05) is 0 Å². The normalized spacial score (nSPS) is 10.2. The van der Waals surface area contributed by atoms with Gasteiger partial charge in [0, 0.05) is 0 Å². The third-order valence-corrected chi connectivity index (χ3v) is 1.38. The summed E-state index contributed by atoms with van der Waals surface area (Å²) in [6, 6.07) is 0. The van der Waals surface area contributed by atoms with Crippen LogP contribution in [0.3, 0.4) is 0 Å². The van der Waals surface area contributed by atoms with Crippen molar-refractivity contribution in [3.8, 4) is 0 Å². The Morgan fingerprint density at radius 1 is 1.06 bits per heavy atom. The van der Waals surface area contributed by atoms with Crippen molar-refractivity contribution >= 4 is 0 Å². The molecule has 16 heavy (non-hydrogen) atoms. The van der Waals surface area contributed by atoms with E-state index in [9.17, 15) is 30.3 Å². The number of tetrazole rings is 1. The molecule has 0 spiro atoms. The number of nitro groups is 3. The van der Waals surface area contributed by atoms with Crippen LogP contribution in [0.2, 0.25) is 0 Å². The molecule has 0 saturated carbocycles. The molecule has 0 bridgehead atoms. The van der Waals surface area contributed by atoms with E-state index >= 15 is 0 Å². The van der Waals surface area contributed by atoms with Crippen LogP contribution in [-0.2, 0) is 5.79 Å². The highest BCUT2D eigenvalue weighted by Crippen LogP contribution is 2.21. The topological polar surface area (TPSA) is 219 Å². The van der Waals surface area contributed by atoms with Crippen LogP contribution in [0.15, 0.2) is 0 Å². The lowest BCUT2D eigenvalue weighted by atomic mass is 10.3. The van der Waals surface area contributed by atoms with Gasteiger partial charge < -0.3 is 11.2 Å². The number of hydrogen-bond donors (Lipinski definition) is 1. The lowest BCUT2D eigenvalue weighted by Gasteiger charge is -2.07. The summed E-state index contributed by atoms with van der Waals surface area (Å²) < 4.78 is 0. The van der Waals surface area contributed by atoms with Gasteiger partial charge in [0.05, 0.1) is 0 Å². The molecule has 0 aromatic carbocycles. The fraction of sp³-hybridized carbons (Fsp3) is 0.500. The van der Waals surface area contributed by atoms with Crippen molar-refractivity contribution in [1.82, 2.24) is 26.8 Å². The van der Waals surface area contributed by atoms with E-state index in [1.54, 1.807) is 0 Å². The summed E-state index contributed by atoms with van der Waals surface area (Å²) in [4.78, 5) is 26.0. The molecule has 1 aromatic rings. The number of rotatable bonds is 4. The fourth-order valence-corrected chi connectivity index (χ4v) is 0.724. The van der Waals surface area contributed by atoms with E-state index in [0.717, 1.165) is 0 Å². The van der Waals surface area contributed by atoms with Gasteiger partial charge in [-0.05, 0) is 0 Å². The van der Waals surface area contributed by atoms with Crippen molar-refractivity contribution in [3.05, 3.63) is 36.2 Å². The second-order valence-electron chi connectivity index (χ2n) is 2.11. The fourth-order valence-electron chi connectivity index (χ4n) is 0.724. The van der Waals surface area contributed by atoms with Crippen molar-refractivity contribution < 1.29 is 14.8 Å². The van der Waals surface area contributed by atoms with Crippen LogP contribution in [0.4, 0.5) is 0 Å². The molecule has 0 amide bonds. The molecule has 88 valence electrons. The average molecular weight is 236 g/mol. The lowest BCUT2D eigenvalue weighted by Crippen LogP contribution is -2.51. The zero-order chi connectivity index (χ0) is 11.6. The molecule has 0 aliphatic rings. The average Bonchev–Trinajstić information content (AvgIpc) is 2.55. The van der Waals surface area contributed by atoms with Crippen LogP contribution in [-0.4, -0.2) is 30.3 Å². The summed E-state index contributed by atoms with van der Waals surface area (Å²) in [5.74, 6) is -5.16. The Labute approximate surface area is 84.7 Å². The minimum absolute atomic E-state index is 0. The molecular formula is C2H4N8O6. The molecule has 0 saturated heterocycles. The molecule has 0 atom stereocenters. The first-order chi connectivity index (χ1) is 6.94. The van der Waals surface area contributed by atoms with Crippen molar-refractivity contribution in [2.24, 2.45) is 0 Å². The van der Waals surface area contributed by atoms with E-state index in [0.29, 0.717) is 0 Å². The smallest absolute Gasteiger partial charge is 0.369 e. The first kappa shape index (κ1) is 13.2. The third kappa shape index (κ3) is 1.47. The molecule has 1 aromatic heterocycles. The van der Waals surface area contributed by atoms with Gasteiger partial charge in [-0.3, -0.25) is 40.7 Å². The highest BCUT2D eigenvalue weighted by Gasteiger charge is 2.72. The first-order valence-electron chi connectivity index (χ1n) is 3.06. The summed E-state index contributed by atoms with van der Waals surface area (Å²) in [5.41, 5.74) is 0. The maximum atomic E-state index is 10.4. The van der Waals surface area contributed by atoms with Crippen molar-refractivity contribution in [1.29, 1.82) is 0 Å². The molecule has 1 rings (SSSR count). The zero-order valence-corrected chi connectivity index (χ0v) is 7.58. The van der Waals surface area contributed by atoms with Crippen LogP contribution in [0, 0.1) is 30.3 Å². The monoisotopic (exact) mass is 236 g/mol. The Balaban J connectivity index is 0.00000225. The summed E-state index contributed by atoms with van der Waals surface area (Å²) in [6.45, 7) is 0. The molecule has 0 aliphatic heterocycles. The van der Waals surface area contributed by atoms with E-state index in [1.807, 2.05) is 0 Å². The number of aromatic nitrogens is 4. The van der Waals surface area contributed by atoms with E-state index < -0.39 is 26.4 Å². The zero-order valence-electron chi connectivity index (χ0n) is 7.58. The van der Waals surface area contributed by atoms with Crippen LogP contribution < -0.4 is 11.2 Å². The summed E-state index contributed by atoms with van der Waals surface area (Å²) in [6.07, 6.45) is 0. The molecule has 1 heterocycles. The van der Waals surface area contributed by atoms with E-state index in [-0.39, 0.29) is 6.15 Å². The maximum absolute atomic E-state index is 10.4. The van der Waals surface area contributed by atoms with Crippen LogP contribution in [0.1, 0.15) is 5.82 Å². The Bertz CT molecular complexity index is 374. The Kier molecular flexibility index (Phi) is 3.45. The minimum Gasteiger partial charge on any atom is -0.369 e. The molecule has 0 fully saturated rings. The lowest BCUT2D eigenvalue weighted by molar-refractivity contribution is -0.987. The van der Waals surface area contributed by atoms with Crippen LogP contribution in [0.25, 0.3) is 0 Å². The Morgan fingerprint density at radius 3 is 1.75 bits per heavy atom. The minimum atomic E-state index is -3.86. The molecule has 0 aliphatic carbocycles. The molecular weight excluding hydrogens is 232 g/mol. The summed E-state index contributed by atoms with van der Waals surface area (Å²) in [7, 11) is 0. The third-order valence-electron chi connectivity index (χ3n) is 1.38. The predicted octanol–water partition coefficient (Wildman–Crippen LogP) is -1.85. The van der Waals surface area contributed by atoms with Crippen LogP contribution >= 0.6 is 0 Å². The highest BCUT2D eigenvalue weighted by atomic mass is 16.7. The molecule has 0 unspecified atom stereocenters. The van der Waals surface area contributed by atoms with E-state index in [2.05, 4.69) is 20.6 Å². The Hall–Kier alpha value is -2.77.